The van der Waals surface area contributed by atoms with Crippen LogP contribution >= 0.6 is 0 Å². The van der Waals surface area contributed by atoms with Crippen LogP contribution in [-0.4, -0.2) is 22.8 Å². The van der Waals surface area contributed by atoms with Gasteiger partial charge in [-0.25, -0.2) is 4.63 Å². The van der Waals surface area contributed by atoms with Crippen molar-refractivity contribution in [2.75, 3.05) is 6.54 Å². The van der Waals surface area contributed by atoms with Crippen LogP contribution < -0.4 is 5.32 Å². The second-order valence-corrected chi connectivity index (χ2v) is 1.79. The minimum Gasteiger partial charge on any atom is -0.347 e. The zero-order valence-corrected chi connectivity index (χ0v) is 5.78. The molecule has 1 amide bonds. The van der Waals surface area contributed by atoms with E-state index in [9.17, 15) is 4.79 Å². The first-order valence-corrected chi connectivity index (χ1v) is 3.01. The Bertz CT molecular complexity index is 242. The second kappa shape index (κ2) is 3.50. The molecule has 11 heavy (non-hydrogen) atoms. The summed E-state index contributed by atoms with van der Waals surface area (Å²) < 4.78 is 4.23. The molecule has 1 heterocycles. The van der Waals surface area contributed by atoms with Gasteiger partial charge in [-0.3, -0.25) is 4.79 Å². The molecule has 0 fully saturated rings. The van der Waals surface area contributed by atoms with Gasteiger partial charge in [0.25, 0.3) is 5.91 Å². The van der Waals surface area contributed by atoms with Gasteiger partial charge >= 0.3 is 0 Å². The predicted octanol–water partition coefficient (Wildman–Crippen LogP) is -0.0146. The molecule has 0 radical (unpaired) electrons. The molecule has 0 spiro atoms. The first-order valence-electron chi connectivity index (χ1n) is 3.01. The van der Waals surface area contributed by atoms with Gasteiger partial charge in [0.15, 0.2) is 5.69 Å². The average molecular weight is 153 g/mol. The van der Waals surface area contributed by atoms with Crippen LogP contribution in [0.2, 0.25) is 0 Å². The van der Waals surface area contributed by atoms with E-state index >= 15 is 0 Å². The van der Waals surface area contributed by atoms with Crippen molar-refractivity contribution in [2.24, 2.45) is 0 Å². The maximum Gasteiger partial charge on any atom is 0.275 e. The number of nitrogens with zero attached hydrogens (tertiary/aromatic N) is 2. The summed E-state index contributed by atoms with van der Waals surface area (Å²) in [5, 5.41) is 9.13. The lowest BCUT2D eigenvalue weighted by Crippen LogP contribution is -2.23. The number of hydrogen-bond acceptors (Lipinski definition) is 4. The molecular formula is C6H7N3O2. The van der Waals surface area contributed by atoms with Crippen LogP contribution in [0.4, 0.5) is 0 Å². The Balaban J connectivity index is 2.49. The molecule has 0 saturated carbocycles. The Hall–Kier alpha value is -1.65. The average Bonchev–Trinajstić information content (AvgIpc) is 2.52. The number of nitrogens with one attached hydrogen (secondary N) is 1. The Morgan fingerprint density at radius 1 is 1.91 bits per heavy atom. The highest BCUT2D eigenvalue weighted by Gasteiger charge is 2.06. The summed E-state index contributed by atoms with van der Waals surface area (Å²) in [6.07, 6.45) is 2.82. The first kappa shape index (κ1) is 7.46. The van der Waals surface area contributed by atoms with Gasteiger partial charge in [0.05, 0.1) is 0 Å². The maximum absolute atomic E-state index is 10.9. The van der Waals surface area contributed by atoms with E-state index in [4.69, 9.17) is 0 Å². The highest BCUT2D eigenvalue weighted by Crippen LogP contribution is 1.88. The molecule has 1 N–H and O–H groups in total. The molecule has 5 heteroatoms. The van der Waals surface area contributed by atoms with E-state index in [1.54, 1.807) is 6.08 Å². The van der Waals surface area contributed by atoms with Gasteiger partial charge in [0, 0.05) is 6.54 Å². The fourth-order valence-electron chi connectivity index (χ4n) is 0.520. The topological polar surface area (TPSA) is 68.0 Å². The smallest absolute Gasteiger partial charge is 0.275 e. The molecule has 1 aromatic rings. The van der Waals surface area contributed by atoms with Gasteiger partial charge in [-0.1, -0.05) is 11.2 Å². The van der Waals surface area contributed by atoms with Crippen molar-refractivity contribution in [3.05, 3.63) is 24.5 Å². The van der Waals surface area contributed by atoms with Gasteiger partial charge in [0.2, 0.25) is 0 Å². The highest BCUT2D eigenvalue weighted by atomic mass is 16.6. The van der Waals surface area contributed by atoms with Crippen molar-refractivity contribution in [1.29, 1.82) is 0 Å². The Kier molecular flexibility index (Phi) is 2.37. The van der Waals surface area contributed by atoms with Crippen LogP contribution in [0.1, 0.15) is 10.5 Å². The molecular weight excluding hydrogens is 146 g/mol. The number of aromatic nitrogens is 2. The van der Waals surface area contributed by atoms with Crippen LogP contribution in [0, 0.1) is 0 Å². The number of amides is 1. The molecule has 5 nitrogen and oxygen atoms in total. The second-order valence-electron chi connectivity index (χ2n) is 1.79. The Morgan fingerprint density at radius 3 is 3.27 bits per heavy atom. The first-order chi connectivity index (χ1) is 5.34. The molecule has 0 aliphatic rings. The quantitative estimate of drug-likeness (QED) is 0.620. The van der Waals surface area contributed by atoms with E-state index in [-0.39, 0.29) is 11.6 Å². The summed E-state index contributed by atoms with van der Waals surface area (Å²) in [6.45, 7) is 3.85. The molecule has 0 saturated heterocycles. The van der Waals surface area contributed by atoms with Gasteiger partial charge in [-0.2, -0.15) is 0 Å². The van der Waals surface area contributed by atoms with Crippen molar-refractivity contribution in [2.45, 2.75) is 0 Å². The lowest BCUT2D eigenvalue weighted by atomic mass is 10.4. The zero-order valence-electron chi connectivity index (χ0n) is 5.78. The third-order valence-electron chi connectivity index (χ3n) is 1.00. The van der Waals surface area contributed by atoms with Crippen molar-refractivity contribution in [1.82, 2.24) is 15.6 Å². The number of hydrogen-bond donors (Lipinski definition) is 1. The van der Waals surface area contributed by atoms with E-state index in [2.05, 4.69) is 26.8 Å². The van der Waals surface area contributed by atoms with Crippen molar-refractivity contribution >= 4 is 5.91 Å². The molecule has 1 rings (SSSR count). The Morgan fingerprint density at radius 2 is 2.73 bits per heavy atom. The maximum atomic E-state index is 10.9. The van der Waals surface area contributed by atoms with E-state index in [0.29, 0.717) is 6.54 Å². The standard InChI is InChI=1S/C6H7N3O2/c1-2-3-7-6(10)5-4-8-11-9-5/h2,4H,1,3H2,(H,7,10). The summed E-state index contributed by atoms with van der Waals surface area (Å²) in [7, 11) is 0. The molecule has 0 unspecified atom stereocenters. The fourth-order valence-corrected chi connectivity index (χ4v) is 0.520. The molecule has 58 valence electrons. The molecule has 0 bridgehead atoms. The minimum atomic E-state index is -0.314. The highest BCUT2D eigenvalue weighted by molar-refractivity contribution is 5.91. The molecule has 0 aromatic carbocycles. The van der Waals surface area contributed by atoms with Gasteiger partial charge in [-0.05, 0) is 5.16 Å². The van der Waals surface area contributed by atoms with Gasteiger partial charge in [-0.15, -0.1) is 6.58 Å². The number of carbonyl (C=O) groups is 1. The molecule has 0 aliphatic heterocycles. The third kappa shape index (κ3) is 1.89. The summed E-state index contributed by atoms with van der Waals surface area (Å²) in [5.74, 6) is -0.314. The predicted molar refractivity (Wildman–Crippen MR) is 36.8 cm³/mol. The van der Waals surface area contributed by atoms with Crippen molar-refractivity contribution < 1.29 is 9.42 Å². The molecule has 0 atom stereocenters. The number of rotatable bonds is 3. The van der Waals surface area contributed by atoms with Gasteiger partial charge in [0.1, 0.15) is 6.20 Å². The van der Waals surface area contributed by atoms with E-state index in [1.165, 1.54) is 6.20 Å². The normalized spacial score (nSPS) is 9.09. The van der Waals surface area contributed by atoms with E-state index < -0.39 is 0 Å². The lowest BCUT2D eigenvalue weighted by Gasteiger charge is -1.94. The third-order valence-corrected chi connectivity index (χ3v) is 1.00. The molecule has 0 aliphatic carbocycles. The SMILES string of the molecule is C=CCNC(=O)c1cnon1. The van der Waals surface area contributed by atoms with E-state index in [1.807, 2.05) is 0 Å². The monoisotopic (exact) mass is 153 g/mol. The van der Waals surface area contributed by atoms with E-state index in [0.717, 1.165) is 0 Å². The summed E-state index contributed by atoms with van der Waals surface area (Å²) in [6, 6.07) is 0. The summed E-state index contributed by atoms with van der Waals surface area (Å²) >= 11 is 0. The van der Waals surface area contributed by atoms with Crippen LogP contribution in [0.3, 0.4) is 0 Å². The van der Waals surface area contributed by atoms with Crippen LogP contribution in [0.5, 0.6) is 0 Å². The van der Waals surface area contributed by atoms with Gasteiger partial charge < -0.3 is 5.32 Å². The zero-order chi connectivity index (χ0) is 8.10. The lowest BCUT2D eigenvalue weighted by molar-refractivity contribution is 0.0948. The van der Waals surface area contributed by atoms with Crippen molar-refractivity contribution in [3.63, 3.8) is 0 Å². The number of carbonyl (C=O) groups excluding carboxylic acids is 1. The van der Waals surface area contributed by atoms with Crippen LogP contribution in [-0.2, 0) is 0 Å². The van der Waals surface area contributed by atoms with Crippen LogP contribution in [0.15, 0.2) is 23.5 Å². The molecule has 1 aromatic heterocycles. The van der Waals surface area contributed by atoms with Crippen molar-refractivity contribution in [3.8, 4) is 0 Å². The summed E-state index contributed by atoms with van der Waals surface area (Å²) in [5.41, 5.74) is 0.173. The largest absolute Gasteiger partial charge is 0.347 e. The summed E-state index contributed by atoms with van der Waals surface area (Å²) in [4.78, 5) is 10.9. The Labute approximate surface area is 63.0 Å². The minimum absolute atomic E-state index is 0.173. The van der Waals surface area contributed by atoms with Crippen LogP contribution in [0.25, 0.3) is 0 Å². The fraction of sp³-hybridized carbons (Fsp3) is 0.167.